The molecule has 3 aromatic carbocycles. The van der Waals surface area contributed by atoms with Gasteiger partial charge in [0.2, 0.25) is 0 Å². The third-order valence-corrected chi connectivity index (χ3v) is 9.34. The van der Waals surface area contributed by atoms with Crippen LogP contribution in [0.25, 0.3) is 0 Å². The van der Waals surface area contributed by atoms with Crippen LogP contribution in [0.1, 0.15) is 40.9 Å². The molecule has 0 aromatic heterocycles. The van der Waals surface area contributed by atoms with Gasteiger partial charge in [-0.05, 0) is 79.5 Å². The molecule has 33 heavy (non-hydrogen) atoms. The summed E-state index contributed by atoms with van der Waals surface area (Å²) in [5.41, 5.74) is 2.30. The number of phenols is 2. The normalized spacial score (nSPS) is 20.8. The van der Waals surface area contributed by atoms with Crippen molar-refractivity contribution in [3.8, 4) is 17.2 Å². The van der Waals surface area contributed by atoms with Gasteiger partial charge in [-0.3, -0.25) is 4.90 Å². The molecule has 1 fully saturated rings. The zero-order valence-corrected chi connectivity index (χ0v) is 20.2. The third-order valence-electron chi connectivity index (χ3n) is 6.24. The van der Waals surface area contributed by atoms with E-state index in [4.69, 9.17) is 4.74 Å². The standard InChI is InChI=1S/C27H29NO3S2/c29-21-6-4-5-20(17-21)27-26(32-24-12-9-22(30)18-25(24)33-27)19-7-10-23(11-8-19)31-16-15-28-13-2-1-3-14-28/h4-12,17-18,26-27,29-30H,1-3,13-16H2/t26-,27+/m0/s1. The highest BCUT2D eigenvalue weighted by atomic mass is 32.2. The number of benzene rings is 3. The molecular formula is C27H29NO3S2. The van der Waals surface area contributed by atoms with E-state index in [1.54, 1.807) is 23.9 Å². The van der Waals surface area contributed by atoms with E-state index >= 15 is 0 Å². The molecule has 0 bridgehead atoms. The van der Waals surface area contributed by atoms with Crippen LogP contribution in [0.3, 0.4) is 0 Å². The van der Waals surface area contributed by atoms with Crippen molar-refractivity contribution in [1.82, 2.24) is 4.90 Å². The number of rotatable bonds is 6. The fraction of sp³-hybridized carbons (Fsp3) is 0.333. The topological polar surface area (TPSA) is 52.9 Å². The summed E-state index contributed by atoms with van der Waals surface area (Å²) in [7, 11) is 0. The number of thioether (sulfide) groups is 2. The maximum Gasteiger partial charge on any atom is 0.119 e. The first-order valence-corrected chi connectivity index (χ1v) is 13.3. The number of ether oxygens (including phenoxy) is 1. The second-order valence-corrected chi connectivity index (χ2v) is 11.0. The Bertz CT molecular complexity index is 1080. The average Bonchev–Trinajstić information content (AvgIpc) is 2.84. The lowest BCUT2D eigenvalue weighted by molar-refractivity contribution is 0.183. The Hall–Kier alpha value is -2.28. The number of piperidine rings is 1. The number of nitrogens with zero attached hydrogens (tertiary/aromatic N) is 1. The Morgan fingerprint density at radius 3 is 2.27 bits per heavy atom. The largest absolute Gasteiger partial charge is 0.508 e. The fourth-order valence-electron chi connectivity index (χ4n) is 4.50. The lowest BCUT2D eigenvalue weighted by Crippen LogP contribution is -2.33. The van der Waals surface area contributed by atoms with Crippen LogP contribution in [0.5, 0.6) is 17.2 Å². The quantitative estimate of drug-likeness (QED) is 0.413. The van der Waals surface area contributed by atoms with Gasteiger partial charge < -0.3 is 14.9 Å². The minimum absolute atomic E-state index is 0.113. The van der Waals surface area contributed by atoms with Gasteiger partial charge in [-0.2, -0.15) is 0 Å². The van der Waals surface area contributed by atoms with Gasteiger partial charge in [-0.15, -0.1) is 23.5 Å². The van der Waals surface area contributed by atoms with Gasteiger partial charge in [0.1, 0.15) is 23.9 Å². The Kier molecular flexibility index (Phi) is 7.04. The molecule has 172 valence electrons. The van der Waals surface area contributed by atoms with Crippen LogP contribution >= 0.6 is 23.5 Å². The zero-order chi connectivity index (χ0) is 22.6. The third kappa shape index (κ3) is 5.45. The molecule has 0 amide bonds. The average molecular weight is 480 g/mol. The maximum absolute atomic E-state index is 10.1. The number of hydrogen-bond acceptors (Lipinski definition) is 6. The van der Waals surface area contributed by atoms with Crippen LogP contribution in [-0.4, -0.2) is 41.4 Å². The van der Waals surface area contributed by atoms with Crippen LogP contribution in [0.2, 0.25) is 0 Å². The molecule has 5 rings (SSSR count). The van der Waals surface area contributed by atoms with E-state index in [0.29, 0.717) is 0 Å². The molecule has 0 spiro atoms. The monoisotopic (exact) mass is 479 g/mol. The van der Waals surface area contributed by atoms with E-state index in [1.807, 2.05) is 36.0 Å². The highest BCUT2D eigenvalue weighted by Gasteiger charge is 2.33. The minimum atomic E-state index is 0.113. The first-order valence-electron chi connectivity index (χ1n) is 11.6. The van der Waals surface area contributed by atoms with Gasteiger partial charge in [-0.25, -0.2) is 0 Å². The van der Waals surface area contributed by atoms with E-state index in [1.165, 1.54) is 42.8 Å². The molecule has 0 aliphatic carbocycles. The number of hydrogen-bond donors (Lipinski definition) is 2. The van der Waals surface area contributed by atoms with Gasteiger partial charge in [0.05, 0.1) is 10.5 Å². The van der Waals surface area contributed by atoms with Crippen molar-refractivity contribution < 1.29 is 14.9 Å². The molecule has 6 heteroatoms. The summed E-state index contributed by atoms with van der Waals surface area (Å²) < 4.78 is 6.03. The molecule has 1 saturated heterocycles. The predicted octanol–water partition coefficient (Wildman–Crippen LogP) is 6.64. The number of likely N-dealkylation sites (tertiary alicyclic amines) is 1. The van der Waals surface area contributed by atoms with Crippen LogP contribution in [-0.2, 0) is 0 Å². The SMILES string of the molecule is Oc1cccc([C@H]2Sc3cc(O)ccc3S[C@H]2c2ccc(OCCN3CCCCC3)cc2)c1. The molecule has 2 aliphatic heterocycles. The van der Waals surface area contributed by atoms with Gasteiger partial charge in [-0.1, -0.05) is 30.7 Å². The Morgan fingerprint density at radius 2 is 1.48 bits per heavy atom. The summed E-state index contributed by atoms with van der Waals surface area (Å²) in [5, 5.41) is 20.3. The van der Waals surface area contributed by atoms with Crippen molar-refractivity contribution in [2.45, 2.75) is 39.6 Å². The molecule has 2 atom stereocenters. The summed E-state index contributed by atoms with van der Waals surface area (Å²) in [6.07, 6.45) is 3.95. The van der Waals surface area contributed by atoms with Crippen molar-refractivity contribution in [2.75, 3.05) is 26.2 Å². The molecule has 2 N–H and O–H groups in total. The highest BCUT2D eigenvalue weighted by molar-refractivity contribution is 8.06. The lowest BCUT2D eigenvalue weighted by Gasteiger charge is -2.33. The summed E-state index contributed by atoms with van der Waals surface area (Å²) in [6, 6.07) is 21.5. The summed E-state index contributed by atoms with van der Waals surface area (Å²) >= 11 is 3.55. The number of fused-ring (bicyclic) bond motifs is 1. The molecular weight excluding hydrogens is 450 g/mol. The van der Waals surface area contributed by atoms with E-state index < -0.39 is 0 Å². The lowest BCUT2D eigenvalue weighted by atomic mass is 10.0. The van der Waals surface area contributed by atoms with E-state index in [2.05, 4.69) is 35.2 Å². The van der Waals surface area contributed by atoms with Crippen LogP contribution in [0.15, 0.2) is 76.5 Å². The van der Waals surface area contributed by atoms with E-state index in [-0.39, 0.29) is 22.0 Å². The van der Waals surface area contributed by atoms with Crippen molar-refractivity contribution in [1.29, 1.82) is 0 Å². The second-order valence-electron chi connectivity index (χ2n) is 8.62. The van der Waals surface area contributed by atoms with E-state index in [0.717, 1.165) is 29.4 Å². The fourth-order valence-corrected chi connectivity index (χ4v) is 7.50. The van der Waals surface area contributed by atoms with Crippen molar-refractivity contribution in [3.05, 3.63) is 77.9 Å². The summed E-state index contributed by atoms with van der Waals surface area (Å²) in [6.45, 7) is 4.08. The molecule has 0 saturated carbocycles. The highest BCUT2D eigenvalue weighted by Crippen LogP contribution is 2.59. The first kappa shape index (κ1) is 22.5. The zero-order valence-electron chi connectivity index (χ0n) is 18.5. The first-order chi connectivity index (χ1) is 16.2. The van der Waals surface area contributed by atoms with Crippen LogP contribution in [0.4, 0.5) is 0 Å². The Labute approximate surface area is 204 Å². The Morgan fingerprint density at radius 1 is 0.758 bits per heavy atom. The van der Waals surface area contributed by atoms with E-state index in [9.17, 15) is 10.2 Å². The molecule has 2 aliphatic rings. The van der Waals surface area contributed by atoms with Crippen molar-refractivity contribution in [2.24, 2.45) is 0 Å². The molecule has 0 radical (unpaired) electrons. The molecule has 4 nitrogen and oxygen atoms in total. The number of aromatic hydroxyl groups is 2. The maximum atomic E-state index is 10.1. The second kappa shape index (κ2) is 10.3. The molecule has 3 aromatic rings. The summed E-state index contributed by atoms with van der Waals surface area (Å²) in [5.74, 6) is 1.46. The Balaban J connectivity index is 1.33. The van der Waals surface area contributed by atoms with Gasteiger partial charge >= 0.3 is 0 Å². The van der Waals surface area contributed by atoms with Gasteiger partial charge in [0.15, 0.2) is 0 Å². The van der Waals surface area contributed by atoms with Crippen molar-refractivity contribution in [3.63, 3.8) is 0 Å². The summed E-state index contributed by atoms with van der Waals surface area (Å²) in [4.78, 5) is 4.73. The predicted molar refractivity (Wildman–Crippen MR) is 136 cm³/mol. The van der Waals surface area contributed by atoms with Crippen molar-refractivity contribution >= 4 is 23.5 Å². The molecule has 0 unspecified atom stereocenters. The van der Waals surface area contributed by atoms with Gasteiger partial charge in [0, 0.05) is 16.3 Å². The van der Waals surface area contributed by atoms with Crippen LogP contribution in [0, 0.1) is 0 Å². The smallest absolute Gasteiger partial charge is 0.119 e. The molecule has 2 heterocycles. The minimum Gasteiger partial charge on any atom is -0.508 e. The van der Waals surface area contributed by atoms with Gasteiger partial charge in [0.25, 0.3) is 0 Å². The van der Waals surface area contributed by atoms with Crippen LogP contribution < -0.4 is 4.74 Å². The number of phenolic OH excluding ortho intramolecular Hbond substituents is 2.